The standard InChI is InChI=1S/C14H24O2/c1-11-6-4-8-12(2)10-16-14(15)13(3)9-5-7-11/h7,12-13H,4-6,8-10H2,1-3H3/b11-7+/t12-,13-/m1/s1. The summed E-state index contributed by atoms with van der Waals surface area (Å²) in [6.07, 6.45) is 7.72. The van der Waals surface area contributed by atoms with Crippen molar-refractivity contribution in [1.82, 2.24) is 0 Å². The van der Waals surface area contributed by atoms with Gasteiger partial charge in [-0.1, -0.05) is 25.5 Å². The summed E-state index contributed by atoms with van der Waals surface area (Å²) in [5.41, 5.74) is 1.47. The number of esters is 1. The topological polar surface area (TPSA) is 26.3 Å². The number of hydrogen-bond acceptors (Lipinski definition) is 2. The lowest BCUT2D eigenvalue weighted by molar-refractivity contribution is -0.149. The normalized spacial score (nSPS) is 32.9. The Morgan fingerprint density at radius 3 is 2.81 bits per heavy atom. The van der Waals surface area contributed by atoms with Crippen LogP contribution in [0.5, 0.6) is 0 Å². The molecule has 0 N–H and O–H groups in total. The van der Waals surface area contributed by atoms with Gasteiger partial charge >= 0.3 is 5.97 Å². The maximum atomic E-state index is 11.6. The molecule has 0 fully saturated rings. The number of carbonyl (C=O) groups excluding carboxylic acids is 1. The fraction of sp³-hybridized carbons (Fsp3) is 0.786. The zero-order valence-electron chi connectivity index (χ0n) is 10.8. The van der Waals surface area contributed by atoms with E-state index in [0.29, 0.717) is 12.5 Å². The van der Waals surface area contributed by atoms with Crippen LogP contribution >= 0.6 is 0 Å². The minimum atomic E-state index is -0.0292. The summed E-state index contributed by atoms with van der Waals surface area (Å²) >= 11 is 0. The summed E-state index contributed by atoms with van der Waals surface area (Å²) in [4.78, 5) is 11.6. The van der Waals surface area contributed by atoms with E-state index in [9.17, 15) is 4.79 Å². The molecule has 0 aliphatic carbocycles. The zero-order valence-corrected chi connectivity index (χ0v) is 10.8. The number of cyclic esters (lactones) is 1. The van der Waals surface area contributed by atoms with Crippen LogP contribution in [-0.4, -0.2) is 12.6 Å². The van der Waals surface area contributed by atoms with E-state index < -0.39 is 0 Å². The fourth-order valence-corrected chi connectivity index (χ4v) is 1.98. The first-order valence-corrected chi connectivity index (χ1v) is 6.42. The number of rotatable bonds is 0. The van der Waals surface area contributed by atoms with E-state index in [2.05, 4.69) is 19.9 Å². The molecule has 0 radical (unpaired) electrons. The molecule has 0 bridgehead atoms. The van der Waals surface area contributed by atoms with Crippen LogP contribution in [0.25, 0.3) is 0 Å². The molecule has 1 heterocycles. The van der Waals surface area contributed by atoms with Crippen LogP contribution in [0.1, 0.15) is 52.9 Å². The fourth-order valence-electron chi connectivity index (χ4n) is 1.98. The number of allylic oxidation sites excluding steroid dienone is 2. The minimum absolute atomic E-state index is 0.0292. The van der Waals surface area contributed by atoms with Crippen LogP contribution in [0.3, 0.4) is 0 Å². The molecular weight excluding hydrogens is 200 g/mol. The van der Waals surface area contributed by atoms with E-state index in [1.165, 1.54) is 18.4 Å². The van der Waals surface area contributed by atoms with Crippen molar-refractivity contribution >= 4 is 5.97 Å². The predicted octanol–water partition coefficient (Wildman–Crippen LogP) is 3.71. The third kappa shape index (κ3) is 4.82. The molecule has 2 atom stereocenters. The van der Waals surface area contributed by atoms with Gasteiger partial charge in [-0.25, -0.2) is 0 Å². The third-order valence-corrected chi connectivity index (χ3v) is 3.27. The van der Waals surface area contributed by atoms with Crippen molar-refractivity contribution in [1.29, 1.82) is 0 Å². The molecule has 1 aliphatic heterocycles. The van der Waals surface area contributed by atoms with Crippen LogP contribution in [0, 0.1) is 11.8 Å². The second kappa shape index (κ2) is 6.72. The van der Waals surface area contributed by atoms with Gasteiger partial charge in [0.2, 0.25) is 0 Å². The Morgan fingerprint density at radius 2 is 2.06 bits per heavy atom. The predicted molar refractivity (Wildman–Crippen MR) is 66.1 cm³/mol. The molecule has 0 spiro atoms. The van der Waals surface area contributed by atoms with Crippen molar-refractivity contribution in [3.05, 3.63) is 11.6 Å². The Balaban J connectivity index is 2.55. The number of hydrogen-bond donors (Lipinski definition) is 0. The van der Waals surface area contributed by atoms with Gasteiger partial charge in [0.15, 0.2) is 0 Å². The van der Waals surface area contributed by atoms with Gasteiger partial charge in [0, 0.05) is 0 Å². The Kier molecular flexibility index (Phi) is 5.58. The van der Waals surface area contributed by atoms with Crippen molar-refractivity contribution in [2.45, 2.75) is 52.9 Å². The van der Waals surface area contributed by atoms with Crippen LogP contribution in [0.2, 0.25) is 0 Å². The van der Waals surface area contributed by atoms with Crippen LogP contribution in [0.15, 0.2) is 11.6 Å². The lowest BCUT2D eigenvalue weighted by atomic mass is 9.99. The first kappa shape index (κ1) is 13.3. The second-order valence-corrected chi connectivity index (χ2v) is 5.16. The number of ether oxygens (including phenoxy) is 1. The van der Waals surface area contributed by atoms with Gasteiger partial charge in [-0.3, -0.25) is 4.79 Å². The summed E-state index contributed by atoms with van der Waals surface area (Å²) in [7, 11) is 0. The SMILES string of the molecule is C/C1=C\CC[C@@H](C)C(=O)OC[C@H](C)CCC1. The molecule has 0 aromatic heterocycles. The summed E-state index contributed by atoms with van der Waals surface area (Å²) < 4.78 is 5.31. The highest BCUT2D eigenvalue weighted by atomic mass is 16.5. The molecule has 2 nitrogen and oxygen atoms in total. The largest absolute Gasteiger partial charge is 0.465 e. The monoisotopic (exact) mass is 224 g/mol. The first-order valence-electron chi connectivity index (χ1n) is 6.42. The van der Waals surface area contributed by atoms with Crippen molar-refractivity contribution in [3.63, 3.8) is 0 Å². The van der Waals surface area contributed by atoms with Gasteiger partial charge in [0.25, 0.3) is 0 Å². The van der Waals surface area contributed by atoms with Crippen molar-refractivity contribution in [2.24, 2.45) is 11.8 Å². The summed E-state index contributed by atoms with van der Waals surface area (Å²) in [5.74, 6) is 0.498. The lowest BCUT2D eigenvalue weighted by Gasteiger charge is -2.16. The average Bonchev–Trinajstić information content (AvgIpc) is 2.24. The van der Waals surface area contributed by atoms with Crippen molar-refractivity contribution in [3.8, 4) is 0 Å². The highest BCUT2D eigenvalue weighted by molar-refractivity contribution is 5.71. The Labute approximate surface area is 99.1 Å². The molecule has 0 unspecified atom stereocenters. The van der Waals surface area contributed by atoms with Gasteiger partial charge in [0.05, 0.1) is 12.5 Å². The van der Waals surface area contributed by atoms with Gasteiger partial charge < -0.3 is 4.74 Å². The van der Waals surface area contributed by atoms with E-state index in [0.717, 1.165) is 19.3 Å². The molecular formula is C14H24O2. The summed E-state index contributed by atoms with van der Waals surface area (Å²) in [6.45, 7) is 6.90. The van der Waals surface area contributed by atoms with Gasteiger partial charge in [-0.2, -0.15) is 0 Å². The Morgan fingerprint density at radius 1 is 1.31 bits per heavy atom. The minimum Gasteiger partial charge on any atom is -0.465 e. The van der Waals surface area contributed by atoms with Crippen LogP contribution < -0.4 is 0 Å². The molecule has 0 saturated heterocycles. The van der Waals surface area contributed by atoms with Gasteiger partial charge in [-0.15, -0.1) is 0 Å². The van der Waals surface area contributed by atoms with Crippen LogP contribution in [0.4, 0.5) is 0 Å². The number of carbonyl (C=O) groups is 1. The van der Waals surface area contributed by atoms with Crippen molar-refractivity contribution < 1.29 is 9.53 Å². The maximum absolute atomic E-state index is 11.6. The average molecular weight is 224 g/mol. The molecule has 16 heavy (non-hydrogen) atoms. The van der Waals surface area contributed by atoms with E-state index in [1.807, 2.05) is 6.92 Å². The highest BCUT2D eigenvalue weighted by Crippen LogP contribution is 2.17. The van der Waals surface area contributed by atoms with Gasteiger partial charge in [0.1, 0.15) is 0 Å². The van der Waals surface area contributed by atoms with E-state index >= 15 is 0 Å². The molecule has 1 rings (SSSR count). The Hall–Kier alpha value is -0.790. The van der Waals surface area contributed by atoms with Crippen molar-refractivity contribution in [2.75, 3.05) is 6.61 Å². The third-order valence-electron chi connectivity index (χ3n) is 3.27. The molecule has 0 saturated carbocycles. The summed E-state index contributed by atoms with van der Waals surface area (Å²) in [5, 5.41) is 0. The zero-order chi connectivity index (χ0) is 12.0. The highest BCUT2D eigenvalue weighted by Gasteiger charge is 2.15. The second-order valence-electron chi connectivity index (χ2n) is 5.16. The van der Waals surface area contributed by atoms with E-state index in [1.54, 1.807) is 0 Å². The van der Waals surface area contributed by atoms with Crippen LogP contribution in [-0.2, 0) is 9.53 Å². The Bertz CT molecular complexity index is 255. The summed E-state index contributed by atoms with van der Waals surface area (Å²) in [6, 6.07) is 0. The molecule has 0 aromatic rings. The first-order chi connectivity index (χ1) is 7.59. The molecule has 0 aromatic carbocycles. The van der Waals surface area contributed by atoms with Gasteiger partial charge in [-0.05, 0) is 44.9 Å². The molecule has 92 valence electrons. The molecule has 0 amide bonds. The molecule has 2 heteroatoms. The molecule has 1 aliphatic rings. The maximum Gasteiger partial charge on any atom is 0.308 e. The van der Waals surface area contributed by atoms with E-state index in [-0.39, 0.29) is 11.9 Å². The lowest BCUT2D eigenvalue weighted by Crippen LogP contribution is -2.18. The van der Waals surface area contributed by atoms with E-state index in [4.69, 9.17) is 4.74 Å². The quantitative estimate of drug-likeness (QED) is 0.463. The smallest absolute Gasteiger partial charge is 0.308 e.